The summed E-state index contributed by atoms with van der Waals surface area (Å²) in [6, 6.07) is 7.73. The number of alkyl carbamates (subject to hydrolysis) is 1. The predicted molar refractivity (Wildman–Crippen MR) is 140 cm³/mol. The number of pyridine rings is 1. The van der Waals surface area contributed by atoms with Gasteiger partial charge < -0.3 is 15.8 Å². The topological polar surface area (TPSA) is 119 Å². The maximum absolute atomic E-state index is 13.1. The highest BCUT2D eigenvalue weighted by molar-refractivity contribution is 6.05. The molecule has 2 amide bonds. The average Bonchev–Trinajstić information content (AvgIpc) is 2.98. The first-order valence-corrected chi connectivity index (χ1v) is 12.1. The Kier molecular flexibility index (Phi) is 8.82. The smallest absolute Gasteiger partial charge is 0.407 e. The first kappa shape index (κ1) is 26.9. The molecular formula is C27H35N5O4. The molecule has 9 nitrogen and oxygen atoms in total. The highest BCUT2D eigenvalue weighted by atomic mass is 16.7. The van der Waals surface area contributed by atoms with E-state index in [1.807, 2.05) is 65.0 Å². The Balaban J connectivity index is 1.83. The lowest BCUT2D eigenvalue weighted by molar-refractivity contribution is -0.180. The van der Waals surface area contributed by atoms with Gasteiger partial charge >= 0.3 is 6.09 Å². The highest BCUT2D eigenvalue weighted by Crippen LogP contribution is 2.32. The van der Waals surface area contributed by atoms with Crippen LogP contribution in [0, 0.1) is 0 Å². The van der Waals surface area contributed by atoms with E-state index in [9.17, 15) is 9.59 Å². The van der Waals surface area contributed by atoms with Crippen molar-refractivity contribution >= 4 is 29.6 Å². The molecule has 2 heterocycles. The largest absolute Gasteiger partial charge is 0.444 e. The Morgan fingerprint density at radius 1 is 1.14 bits per heavy atom. The summed E-state index contributed by atoms with van der Waals surface area (Å²) in [5.41, 5.74) is 10.2. The quantitative estimate of drug-likeness (QED) is 0.513. The molecular weight excluding hydrogens is 458 g/mol. The fourth-order valence-corrected chi connectivity index (χ4v) is 3.68. The molecule has 0 saturated heterocycles. The normalized spacial score (nSPS) is 13.1. The third-order valence-electron chi connectivity index (χ3n) is 5.17. The van der Waals surface area contributed by atoms with Gasteiger partial charge in [-0.3, -0.25) is 14.6 Å². The van der Waals surface area contributed by atoms with E-state index in [2.05, 4.69) is 15.3 Å². The molecule has 0 bridgehead atoms. The van der Waals surface area contributed by atoms with Crippen molar-refractivity contribution < 1.29 is 19.2 Å². The molecule has 3 rings (SSSR count). The Bertz CT molecular complexity index is 1160. The zero-order chi connectivity index (χ0) is 26.3. The number of nitrogens with one attached hydrogen (secondary N) is 1. The van der Waals surface area contributed by atoms with Crippen molar-refractivity contribution in [2.75, 3.05) is 13.2 Å². The zero-order valence-electron chi connectivity index (χ0n) is 21.6. The number of nitrogens with two attached hydrogens (primary N) is 1. The van der Waals surface area contributed by atoms with Gasteiger partial charge in [-0.05, 0) is 63.5 Å². The second-order valence-electron chi connectivity index (χ2n) is 9.49. The summed E-state index contributed by atoms with van der Waals surface area (Å²) >= 11 is 0. The predicted octanol–water partition coefficient (Wildman–Crippen LogP) is 4.74. The molecule has 0 atom stereocenters. The maximum atomic E-state index is 13.1. The SMILES string of the molecule is CCCN(OCC)C(=O)C1=Cc2ccc(-c3cncc(CNC(=O)OC(C)(C)C)c3)cc2N=C(N)C1. The van der Waals surface area contributed by atoms with Gasteiger partial charge in [-0.25, -0.2) is 14.9 Å². The summed E-state index contributed by atoms with van der Waals surface area (Å²) < 4.78 is 5.29. The van der Waals surface area contributed by atoms with Gasteiger partial charge in [0.25, 0.3) is 5.91 Å². The second kappa shape index (κ2) is 11.8. The number of hydrogen-bond donors (Lipinski definition) is 2. The molecule has 0 unspecified atom stereocenters. The van der Waals surface area contributed by atoms with Crippen molar-refractivity contribution in [1.82, 2.24) is 15.4 Å². The van der Waals surface area contributed by atoms with Gasteiger partial charge in [0, 0.05) is 48.6 Å². The lowest BCUT2D eigenvalue weighted by Crippen LogP contribution is -2.34. The van der Waals surface area contributed by atoms with Crippen LogP contribution in [0.15, 0.2) is 47.2 Å². The van der Waals surface area contributed by atoms with Crippen LogP contribution in [0.1, 0.15) is 58.6 Å². The Morgan fingerprint density at radius 2 is 1.92 bits per heavy atom. The van der Waals surface area contributed by atoms with Crippen LogP contribution < -0.4 is 11.1 Å². The number of hydrogen-bond acceptors (Lipinski definition) is 7. The van der Waals surface area contributed by atoms with E-state index in [4.69, 9.17) is 15.3 Å². The molecule has 1 aliphatic rings. The molecule has 9 heteroatoms. The molecule has 36 heavy (non-hydrogen) atoms. The van der Waals surface area contributed by atoms with E-state index in [1.165, 1.54) is 5.06 Å². The number of aliphatic imine (C=N–C) groups is 1. The molecule has 1 aromatic heterocycles. The first-order chi connectivity index (χ1) is 17.1. The number of amidine groups is 1. The van der Waals surface area contributed by atoms with Crippen molar-refractivity contribution in [3.8, 4) is 11.1 Å². The van der Waals surface area contributed by atoms with Crippen LogP contribution >= 0.6 is 0 Å². The second-order valence-corrected chi connectivity index (χ2v) is 9.49. The number of amides is 2. The summed E-state index contributed by atoms with van der Waals surface area (Å²) in [6.45, 7) is 10.5. The van der Waals surface area contributed by atoms with Crippen molar-refractivity contribution in [2.24, 2.45) is 10.7 Å². The van der Waals surface area contributed by atoms with Crippen molar-refractivity contribution in [3.63, 3.8) is 0 Å². The van der Waals surface area contributed by atoms with E-state index >= 15 is 0 Å². The van der Waals surface area contributed by atoms with E-state index in [-0.39, 0.29) is 18.9 Å². The number of aromatic nitrogens is 1. The van der Waals surface area contributed by atoms with Crippen LogP contribution in [-0.2, 0) is 20.9 Å². The Morgan fingerprint density at radius 3 is 2.61 bits per heavy atom. The highest BCUT2D eigenvalue weighted by Gasteiger charge is 2.22. The maximum Gasteiger partial charge on any atom is 0.407 e. The van der Waals surface area contributed by atoms with Gasteiger partial charge in [-0.2, -0.15) is 0 Å². The Labute approximate surface area is 212 Å². The molecule has 1 aliphatic heterocycles. The molecule has 0 radical (unpaired) electrons. The number of nitrogens with zero attached hydrogens (tertiary/aromatic N) is 3. The molecule has 0 spiro atoms. The van der Waals surface area contributed by atoms with Gasteiger partial charge in [0.1, 0.15) is 11.4 Å². The summed E-state index contributed by atoms with van der Waals surface area (Å²) in [4.78, 5) is 39.5. The number of benzene rings is 1. The minimum absolute atomic E-state index is 0.205. The van der Waals surface area contributed by atoms with E-state index in [1.54, 1.807) is 12.4 Å². The molecule has 1 aromatic carbocycles. The van der Waals surface area contributed by atoms with E-state index < -0.39 is 11.7 Å². The number of carbonyl (C=O) groups excluding carboxylic acids is 2. The lowest BCUT2D eigenvalue weighted by Gasteiger charge is -2.21. The van der Waals surface area contributed by atoms with Crippen LogP contribution in [0.5, 0.6) is 0 Å². The Hall–Kier alpha value is -3.72. The van der Waals surface area contributed by atoms with Gasteiger partial charge in [-0.15, -0.1) is 0 Å². The molecule has 0 fully saturated rings. The number of hydroxylamine groups is 2. The van der Waals surface area contributed by atoms with Crippen LogP contribution in [-0.4, -0.2) is 46.6 Å². The van der Waals surface area contributed by atoms with Gasteiger partial charge in [0.05, 0.1) is 12.3 Å². The molecule has 3 N–H and O–H groups in total. The van der Waals surface area contributed by atoms with Crippen LogP contribution in [0.25, 0.3) is 17.2 Å². The minimum Gasteiger partial charge on any atom is -0.444 e. The fourth-order valence-electron chi connectivity index (χ4n) is 3.68. The summed E-state index contributed by atoms with van der Waals surface area (Å²) in [7, 11) is 0. The van der Waals surface area contributed by atoms with Crippen LogP contribution in [0.4, 0.5) is 10.5 Å². The number of ether oxygens (including phenoxy) is 1. The summed E-state index contributed by atoms with van der Waals surface area (Å²) in [5, 5.41) is 4.14. The average molecular weight is 494 g/mol. The third-order valence-corrected chi connectivity index (χ3v) is 5.17. The lowest BCUT2D eigenvalue weighted by atomic mass is 10.0. The standard InChI is InChI=1S/C27H35N5O4/c1-6-10-32(35-7-2)25(33)21-12-20-9-8-19(13-23(20)31-24(28)14-21)22-11-18(15-29-17-22)16-30-26(34)36-27(3,4)5/h8-9,11-13,15,17H,6-7,10,14,16H2,1-5H3,(H2,28,31)(H,30,34). The van der Waals surface area contributed by atoms with Crippen molar-refractivity contribution in [3.05, 3.63) is 53.4 Å². The van der Waals surface area contributed by atoms with Crippen molar-refractivity contribution in [2.45, 2.75) is 59.6 Å². The number of rotatable bonds is 8. The van der Waals surface area contributed by atoms with Crippen molar-refractivity contribution in [1.29, 1.82) is 0 Å². The number of carbonyl (C=O) groups is 2. The summed E-state index contributed by atoms with van der Waals surface area (Å²) in [6.07, 6.45) is 5.81. The molecule has 192 valence electrons. The summed E-state index contributed by atoms with van der Waals surface area (Å²) in [5.74, 6) is 0.148. The zero-order valence-corrected chi connectivity index (χ0v) is 21.6. The van der Waals surface area contributed by atoms with Gasteiger partial charge in [-0.1, -0.05) is 19.1 Å². The fraction of sp³-hybridized carbons (Fsp3) is 0.407. The van der Waals surface area contributed by atoms with Crippen LogP contribution in [0.2, 0.25) is 0 Å². The monoisotopic (exact) mass is 493 g/mol. The third kappa shape index (κ3) is 7.39. The van der Waals surface area contributed by atoms with E-state index in [0.29, 0.717) is 30.2 Å². The first-order valence-electron chi connectivity index (χ1n) is 12.1. The van der Waals surface area contributed by atoms with E-state index in [0.717, 1.165) is 28.7 Å². The molecule has 2 aromatic rings. The van der Waals surface area contributed by atoms with Gasteiger partial charge in [0.2, 0.25) is 0 Å². The van der Waals surface area contributed by atoms with Crippen LogP contribution in [0.3, 0.4) is 0 Å². The number of fused-ring (bicyclic) bond motifs is 1. The molecule has 0 saturated carbocycles. The van der Waals surface area contributed by atoms with Gasteiger partial charge in [0.15, 0.2) is 0 Å². The minimum atomic E-state index is -0.565. The molecule has 0 aliphatic carbocycles.